The Bertz CT molecular complexity index is 1020. The van der Waals surface area contributed by atoms with Gasteiger partial charge in [0.2, 0.25) is 11.8 Å². The molecule has 1 saturated carbocycles. The van der Waals surface area contributed by atoms with Gasteiger partial charge in [-0.3, -0.25) is 14.5 Å². The molecule has 0 radical (unpaired) electrons. The van der Waals surface area contributed by atoms with Gasteiger partial charge in [-0.1, -0.05) is 49.6 Å². The molecule has 2 heterocycles. The van der Waals surface area contributed by atoms with E-state index >= 15 is 0 Å². The number of hydrogen-bond acceptors (Lipinski definition) is 6. The van der Waals surface area contributed by atoms with Crippen molar-refractivity contribution in [3.63, 3.8) is 0 Å². The zero-order valence-electron chi connectivity index (χ0n) is 19.2. The lowest BCUT2D eigenvalue weighted by molar-refractivity contribution is -0.145. The number of carbonyl (C=O) groups excluding carboxylic acids is 2. The summed E-state index contributed by atoms with van der Waals surface area (Å²) in [6.45, 7) is 0.536. The number of benzene rings is 2. The maximum Gasteiger partial charge on any atom is 0.249 e. The van der Waals surface area contributed by atoms with E-state index < -0.39 is 12.0 Å². The number of nitrogens with one attached hydrogen (secondary N) is 1. The molecule has 1 aliphatic carbocycles. The van der Waals surface area contributed by atoms with Crippen LogP contribution in [0.1, 0.15) is 49.3 Å². The van der Waals surface area contributed by atoms with Crippen LogP contribution in [0.4, 0.5) is 0 Å². The molecule has 0 spiro atoms. The molecule has 7 heteroatoms. The first kappa shape index (κ1) is 21.9. The van der Waals surface area contributed by atoms with Gasteiger partial charge in [-0.15, -0.1) is 0 Å². The highest BCUT2D eigenvalue weighted by molar-refractivity contribution is 6.08. The van der Waals surface area contributed by atoms with Gasteiger partial charge in [0.1, 0.15) is 17.5 Å². The number of amides is 2. The topological polar surface area (TPSA) is 71.1 Å². The summed E-state index contributed by atoms with van der Waals surface area (Å²) in [6, 6.07) is 14.8. The third-order valence-corrected chi connectivity index (χ3v) is 7.26. The zero-order valence-corrected chi connectivity index (χ0v) is 19.2. The Morgan fingerprint density at radius 2 is 1.70 bits per heavy atom. The Morgan fingerprint density at radius 1 is 0.939 bits per heavy atom. The van der Waals surface area contributed by atoms with Crippen molar-refractivity contribution in [3.05, 3.63) is 59.7 Å². The number of rotatable bonds is 6. The molecular formula is C26H31N3O4. The summed E-state index contributed by atoms with van der Waals surface area (Å²) in [5.41, 5.74) is 5.44. The number of fused-ring (bicyclic) bond motifs is 1. The van der Waals surface area contributed by atoms with E-state index in [1.54, 1.807) is 19.1 Å². The van der Waals surface area contributed by atoms with Crippen LogP contribution in [0.3, 0.4) is 0 Å². The maximum absolute atomic E-state index is 13.8. The lowest BCUT2D eigenvalue weighted by Crippen LogP contribution is -2.48. The van der Waals surface area contributed by atoms with Gasteiger partial charge in [-0.25, -0.2) is 10.4 Å². The van der Waals surface area contributed by atoms with E-state index in [0.717, 1.165) is 36.8 Å². The number of methoxy groups -OCH3 is 2. The number of likely N-dealkylation sites (tertiary alicyclic amines) is 1. The molecule has 2 saturated heterocycles. The molecule has 7 nitrogen and oxygen atoms in total. The summed E-state index contributed by atoms with van der Waals surface area (Å²) in [7, 11) is 3.23. The summed E-state index contributed by atoms with van der Waals surface area (Å²) in [4.78, 5) is 29.1. The molecule has 3 fully saturated rings. The van der Waals surface area contributed by atoms with E-state index in [9.17, 15) is 9.59 Å². The Labute approximate surface area is 194 Å². The molecule has 2 aliphatic heterocycles. The van der Waals surface area contributed by atoms with Crippen molar-refractivity contribution in [2.75, 3.05) is 14.2 Å². The van der Waals surface area contributed by atoms with Gasteiger partial charge >= 0.3 is 0 Å². The predicted octanol–water partition coefficient (Wildman–Crippen LogP) is 3.45. The van der Waals surface area contributed by atoms with E-state index in [2.05, 4.69) is 5.43 Å². The molecule has 0 unspecified atom stereocenters. The number of carbonyl (C=O) groups is 2. The first-order chi connectivity index (χ1) is 16.1. The minimum Gasteiger partial charge on any atom is -0.497 e. The molecule has 5 rings (SSSR count). The predicted molar refractivity (Wildman–Crippen MR) is 123 cm³/mol. The van der Waals surface area contributed by atoms with Crippen LogP contribution >= 0.6 is 0 Å². The fraction of sp³-hybridized carbons (Fsp3) is 0.462. The van der Waals surface area contributed by atoms with E-state index in [1.807, 2.05) is 53.5 Å². The van der Waals surface area contributed by atoms with Crippen molar-refractivity contribution in [2.24, 2.45) is 5.92 Å². The van der Waals surface area contributed by atoms with E-state index in [-0.39, 0.29) is 23.9 Å². The summed E-state index contributed by atoms with van der Waals surface area (Å²) >= 11 is 0. The van der Waals surface area contributed by atoms with E-state index in [4.69, 9.17) is 9.47 Å². The van der Waals surface area contributed by atoms with Gasteiger partial charge in [0.25, 0.3) is 0 Å². The maximum atomic E-state index is 13.8. The van der Waals surface area contributed by atoms with Crippen LogP contribution < -0.4 is 14.9 Å². The number of nitrogens with zero attached hydrogens (tertiary/aromatic N) is 2. The third-order valence-electron chi connectivity index (χ3n) is 7.26. The molecule has 174 valence electrons. The smallest absolute Gasteiger partial charge is 0.249 e. The van der Waals surface area contributed by atoms with Crippen LogP contribution in [0.2, 0.25) is 0 Å². The van der Waals surface area contributed by atoms with Crippen molar-refractivity contribution < 1.29 is 19.1 Å². The number of hydrogen-bond donors (Lipinski definition) is 1. The standard InChI is InChI=1S/C26H31N3O4/c1-32-19-13-14-20(21(15-19)33-2)23-22-24(28(27-23)16-17-9-5-3-6-10-17)26(31)29(25(22)30)18-11-7-4-8-12-18/h3,5-6,9-10,13-15,18,22-24,27H,4,7-8,11-12,16H2,1-2H3/t22-,23-,24+/m0/s1. The number of imide groups is 1. The number of ether oxygens (including phenoxy) is 2. The Balaban J connectivity index is 1.52. The normalized spacial score (nSPS) is 26.0. The lowest BCUT2D eigenvalue weighted by atomic mass is 9.90. The first-order valence-corrected chi connectivity index (χ1v) is 11.8. The average molecular weight is 450 g/mol. The van der Waals surface area contributed by atoms with E-state index in [0.29, 0.717) is 18.0 Å². The van der Waals surface area contributed by atoms with Crippen LogP contribution in [-0.4, -0.2) is 48.0 Å². The Kier molecular flexibility index (Phi) is 6.08. The first-order valence-electron chi connectivity index (χ1n) is 11.8. The van der Waals surface area contributed by atoms with Crippen LogP contribution in [0.25, 0.3) is 0 Å². The minimum atomic E-state index is -0.531. The quantitative estimate of drug-likeness (QED) is 0.681. The summed E-state index contributed by atoms with van der Waals surface area (Å²) in [5, 5.41) is 1.96. The second-order valence-corrected chi connectivity index (χ2v) is 9.14. The molecular weight excluding hydrogens is 418 g/mol. The SMILES string of the molecule is COc1ccc([C@@H]2NN(Cc3ccccc3)[C@H]3C(=O)N(C4CCCCC4)C(=O)[C@@H]23)c(OC)c1. The van der Waals surface area contributed by atoms with Crippen LogP contribution in [0.5, 0.6) is 11.5 Å². The van der Waals surface area contributed by atoms with Crippen molar-refractivity contribution in [3.8, 4) is 11.5 Å². The molecule has 3 aliphatic rings. The Morgan fingerprint density at radius 3 is 2.39 bits per heavy atom. The van der Waals surface area contributed by atoms with Gasteiger partial charge in [0.15, 0.2) is 0 Å². The van der Waals surface area contributed by atoms with Crippen molar-refractivity contribution in [1.82, 2.24) is 15.3 Å². The fourth-order valence-corrected chi connectivity index (χ4v) is 5.65. The molecule has 2 aromatic rings. The van der Waals surface area contributed by atoms with Crippen LogP contribution in [-0.2, 0) is 16.1 Å². The molecule has 33 heavy (non-hydrogen) atoms. The molecule has 3 atom stereocenters. The lowest BCUT2D eigenvalue weighted by Gasteiger charge is -2.32. The van der Waals surface area contributed by atoms with Crippen molar-refractivity contribution in [1.29, 1.82) is 0 Å². The highest BCUT2D eigenvalue weighted by atomic mass is 16.5. The molecule has 2 aromatic carbocycles. The fourth-order valence-electron chi connectivity index (χ4n) is 5.65. The third kappa shape index (κ3) is 3.89. The van der Waals surface area contributed by atoms with Crippen molar-refractivity contribution >= 4 is 11.8 Å². The second-order valence-electron chi connectivity index (χ2n) is 9.14. The number of hydrazine groups is 1. The Hall–Kier alpha value is -2.90. The minimum absolute atomic E-state index is 0.0151. The molecule has 2 amide bonds. The van der Waals surface area contributed by atoms with Gasteiger partial charge in [-0.05, 0) is 30.5 Å². The zero-order chi connectivity index (χ0) is 22.9. The average Bonchev–Trinajstić information content (AvgIpc) is 3.35. The van der Waals surface area contributed by atoms with Crippen LogP contribution in [0.15, 0.2) is 48.5 Å². The largest absolute Gasteiger partial charge is 0.497 e. The highest BCUT2D eigenvalue weighted by Gasteiger charge is 2.60. The monoisotopic (exact) mass is 449 g/mol. The van der Waals surface area contributed by atoms with Gasteiger partial charge in [-0.2, -0.15) is 0 Å². The van der Waals surface area contributed by atoms with Gasteiger partial charge < -0.3 is 9.47 Å². The van der Waals surface area contributed by atoms with E-state index in [1.165, 1.54) is 6.42 Å². The summed E-state index contributed by atoms with van der Waals surface area (Å²) < 4.78 is 11.0. The second kappa shape index (κ2) is 9.15. The molecule has 1 N–H and O–H groups in total. The van der Waals surface area contributed by atoms with Crippen molar-refractivity contribution in [2.45, 2.75) is 56.8 Å². The van der Waals surface area contributed by atoms with Gasteiger partial charge in [0.05, 0.1) is 26.2 Å². The van der Waals surface area contributed by atoms with Crippen LogP contribution in [0, 0.1) is 5.92 Å². The van der Waals surface area contributed by atoms with Gasteiger partial charge in [0, 0.05) is 24.2 Å². The molecule has 0 bridgehead atoms. The summed E-state index contributed by atoms with van der Waals surface area (Å²) in [5.74, 6) is 0.691. The summed E-state index contributed by atoms with van der Waals surface area (Å²) in [6.07, 6.45) is 5.11. The molecule has 0 aromatic heterocycles. The highest BCUT2D eigenvalue weighted by Crippen LogP contribution is 2.45.